The molecule has 0 unspecified atom stereocenters. The van der Waals surface area contributed by atoms with Gasteiger partial charge in [-0.05, 0) is 74.4 Å². The van der Waals surface area contributed by atoms with Crippen LogP contribution in [0.5, 0.6) is 5.75 Å². The van der Waals surface area contributed by atoms with Gasteiger partial charge >= 0.3 is 6.09 Å². The van der Waals surface area contributed by atoms with Gasteiger partial charge in [-0.2, -0.15) is 0 Å². The first-order valence-electron chi connectivity index (χ1n) is 15.2. The molecule has 0 bridgehead atoms. The third-order valence-corrected chi connectivity index (χ3v) is 9.67. The fourth-order valence-corrected chi connectivity index (χ4v) is 5.60. The van der Waals surface area contributed by atoms with Crippen LogP contribution in [-0.2, 0) is 11.5 Å². The Labute approximate surface area is 270 Å². The minimum Gasteiger partial charge on any atom is -0.494 e. The molecule has 0 saturated carbocycles. The van der Waals surface area contributed by atoms with E-state index in [-0.39, 0.29) is 17.7 Å². The number of nitrogens with zero attached hydrogens (tertiary/aromatic N) is 4. The van der Waals surface area contributed by atoms with Gasteiger partial charge in [0, 0.05) is 45.4 Å². The van der Waals surface area contributed by atoms with Crippen molar-refractivity contribution in [2.45, 2.75) is 59.7 Å². The summed E-state index contributed by atoms with van der Waals surface area (Å²) in [7, 11) is 1.68. The van der Waals surface area contributed by atoms with Gasteiger partial charge in [-0.1, -0.05) is 50.0 Å². The van der Waals surface area contributed by atoms with Gasteiger partial charge in [-0.3, -0.25) is 14.3 Å². The summed E-state index contributed by atoms with van der Waals surface area (Å²) in [4.78, 5) is 30.6. The topological polar surface area (TPSA) is 79.3 Å². The summed E-state index contributed by atoms with van der Waals surface area (Å²) in [5.74, 6) is 0.668. The van der Waals surface area contributed by atoms with Crippen molar-refractivity contribution in [3.8, 4) is 5.75 Å². The molecular weight excluding hydrogens is 601 g/mol. The number of nitrogens with one attached hydrogen (secondary N) is 1. The van der Waals surface area contributed by atoms with Crippen LogP contribution in [0.3, 0.4) is 0 Å². The highest BCUT2D eigenvalue weighted by Gasteiger charge is 2.41. The lowest BCUT2D eigenvalue weighted by Crippen LogP contribution is -2.60. The largest absolute Gasteiger partial charge is 0.494 e. The van der Waals surface area contributed by atoms with Crippen molar-refractivity contribution in [3.63, 3.8) is 0 Å². The van der Waals surface area contributed by atoms with Crippen molar-refractivity contribution < 1.29 is 14.3 Å². The van der Waals surface area contributed by atoms with Crippen molar-refractivity contribution in [2.75, 3.05) is 51.3 Å². The van der Waals surface area contributed by atoms with E-state index < -0.39 is 11.6 Å². The van der Waals surface area contributed by atoms with Gasteiger partial charge in [0.15, 0.2) is 6.73 Å². The van der Waals surface area contributed by atoms with E-state index >= 15 is 0 Å². The average Bonchev–Trinajstić information content (AvgIpc) is 2.98. The van der Waals surface area contributed by atoms with E-state index in [0.717, 1.165) is 56.6 Å². The fraction of sp³-hybridized carbons (Fsp3) is 0.515. The molecule has 44 heavy (non-hydrogen) atoms. The normalized spacial score (nSPS) is 14.6. The SMILES string of the molecule is CNN(C(=O)OCn1c(=O)ccc2ccc(OCCCCN3CCN(c4cccc(Cl)c4Cl)CC3)cc21)C(C)(C)C(C)(C)C. The second kappa shape index (κ2) is 14.4. The molecule has 1 aliphatic heterocycles. The Bertz CT molecular complexity index is 1500. The number of carbonyl (C=O) groups is 1. The second-order valence-corrected chi connectivity index (χ2v) is 13.5. The fourth-order valence-electron chi connectivity index (χ4n) is 5.19. The Morgan fingerprint density at radius 1 is 0.977 bits per heavy atom. The van der Waals surface area contributed by atoms with E-state index in [1.165, 1.54) is 15.6 Å². The molecule has 1 aliphatic rings. The van der Waals surface area contributed by atoms with Gasteiger partial charge in [0.25, 0.3) is 5.56 Å². The van der Waals surface area contributed by atoms with Gasteiger partial charge in [-0.25, -0.2) is 15.2 Å². The number of unbranched alkanes of at least 4 members (excludes halogenated alkanes) is 1. The Morgan fingerprint density at radius 3 is 2.36 bits per heavy atom. The van der Waals surface area contributed by atoms with E-state index in [0.29, 0.717) is 27.9 Å². The number of anilines is 1. The smallest absolute Gasteiger partial charge is 0.426 e. The number of aromatic nitrogens is 1. The van der Waals surface area contributed by atoms with E-state index in [9.17, 15) is 9.59 Å². The Kier molecular flexibility index (Phi) is 11.1. The van der Waals surface area contributed by atoms with Crippen LogP contribution in [0.1, 0.15) is 47.5 Å². The molecule has 2 heterocycles. The number of ether oxygens (including phenoxy) is 2. The van der Waals surface area contributed by atoms with Gasteiger partial charge in [-0.15, -0.1) is 0 Å². The number of halogens is 2. The summed E-state index contributed by atoms with van der Waals surface area (Å²) in [5.41, 5.74) is 3.56. The summed E-state index contributed by atoms with van der Waals surface area (Å²) in [6.45, 7) is 15.2. The predicted octanol–water partition coefficient (Wildman–Crippen LogP) is 6.64. The van der Waals surface area contributed by atoms with Crippen LogP contribution in [0.2, 0.25) is 10.0 Å². The van der Waals surface area contributed by atoms with Crippen molar-refractivity contribution in [1.82, 2.24) is 19.9 Å². The monoisotopic (exact) mass is 645 g/mol. The maximum absolute atomic E-state index is 13.1. The van der Waals surface area contributed by atoms with Crippen LogP contribution in [0.15, 0.2) is 53.3 Å². The van der Waals surface area contributed by atoms with Gasteiger partial charge in [0.1, 0.15) is 5.75 Å². The zero-order valence-electron chi connectivity index (χ0n) is 26.7. The molecule has 240 valence electrons. The highest BCUT2D eigenvalue weighted by atomic mass is 35.5. The van der Waals surface area contributed by atoms with E-state index in [4.69, 9.17) is 32.7 Å². The van der Waals surface area contributed by atoms with Crippen LogP contribution in [0, 0.1) is 5.41 Å². The molecule has 0 aliphatic carbocycles. The van der Waals surface area contributed by atoms with E-state index in [1.54, 1.807) is 13.1 Å². The van der Waals surface area contributed by atoms with E-state index in [1.807, 2.05) is 50.2 Å². The van der Waals surface area contributed by atoms with Gasteiger partial charge < -0.3 is 14.4 Å². The van der Waals surface area contributed by atoms with Crippen molar-refractivity contribution in [2.24, 2.45) is 5.41 Å². The number of hydrazine groups is 1. The number of hydrogen-bond donors (Lipinski definition) is 1. The standard InChI is InChI=1S/C33H45Cl2N5O4/c1-32(2,3)33(4,5)40(36-6)31(42)44-23-39-28-22-25(14-12-24(28)13-15-29(39)41)43-21-8-7-16-37-17-19-38(20-18-37)27-11-9-10-26(34)30(27)35/h9-15,22,36H,7-8,16-21,23H2,1-6H3. The van der Waals surface area contributed by atoms with Gasteiger partial charge in [0.05, 0.1) is 33.4 Å². The molecule has 9 nitrogen and oxygen atoms in total. The van der Waals surface area contributed by atoms with Crippen LogP contribution in [-0.4, -0.2) is 72.5 Å². The molecule has 1 amide bonds. The highest BCUT2D eigenvalue weighted by Crippen LogP contribution is 2.35. The molecule has 1 fully saturated rings. The average molecular weight is 647 g/mol. The number of fused-ring (bicyclic) bond motifs is 1. The summed E-state index contributed by atoms with van der Waals surface area (Å²) in [5, 5.41) is 3.52. The number of rotatable bonds is 11. The van der Waals surface area contributed by atoms with Crippen molar-refractivity contribution >= 4 is 45.9 Å². The number of benzene rings is 2. The molecule has 0 radical (unpaired) electrons. The Morgan fingerprint density at radius 2 is 1.68 bits per heavy atom. The lowest BCUT2D eigenvalue weighted by molar-refractivity contribution is -0.0218. The van der Waals surface area contributed by atoms with Crippen LogP contribution in [0.4, 0.5) is 10.5 Å². The third-order valence-electron chi connectivity index (χ3n) is 8.86. The Balaban J connectivity index is 1.29. The lowest BCUT2D eigenvalue weighted by atomic mass is 9.76. The van der Waals surface area contributed by atoms with Crippen molar-refractivity contribution in [3.05, 3.63) is 68.9 Å². The number of piperazine rings is 1. The zero-order valence-corrected chi connectivity index (χ0v) is 28.2. The number of amides is 1. The molecule has 0 atom stereocenters. The summed E-state index contributed by atoms with van der Waals surface area (Å²) in [6, 6.07) is 14.7. The number of pyridine rings is 1. The third kappa shape index (κ3) is 7.80. The first-order chi connectivity index (χ1) is 20.8. The summed E-state index contributed by atoms with van der Waals surface area (Å²) < 4.78 is 13.1. The molecule has 3 aromatic rings. The maximum Gasteiger partial charge on any atom is 0.426 e. The maximum atomic E-state index is 13.1. The number of hydrogen-bond acceptors (Lipinski definition) is 7. The molecule has 0 spiro atoms. The summed E-state index contributed by atoms with van der Waals surface area (Å²) >= 11 is 12.6. The molecule has 1 N–H and O–H groups in total. The minimum absolute atomic E-state index is 0.215. The van der Waals surface area contributed by atoms with E-state index in [2.05, 4.69) is 36.0 Å². The lowest BCUT2D eigenvalue weighted by Gasteiger charge is -2.46. The molecule has 4 rings (SSSR count). The zero-order chi connectivity index (χ0) is 32.1. The molecule has 1 saturated heterocycles. The highest BCUT2D eigenvalue weighted by molar-refractivity contribution is 6.43. The molecule has 11 heteroatoms. The summed E-state index contributed by atoms with van der Waals surface area (Å²) in [6.07, 6.45) is 1.36. The van der Waals surface area contributed by atoms with Gasteiger partial charge in [0.2, 0.25) is 0 Å². The van der Waals surface area contributed by atoms with Crippen LogP contribution < -0.4 is 20.6 Å². The second-order valence-electron chi connectivity index (χ2n) is 12.7. The Hall–Kier alpha value is -2.98. The van der Waals surface area contributed by atoms with Crippen molar-refractivity contribution in [1.29, 1.82) is 0 Å². The molecule has 2 aromatic carbocycles. The minimum atomic E-state index is -0.557. The quantitative estimate of drug-likeness (QED) is 0.185. The first kappa shape index (κ1) is 33.9. The van der Waals surface area contributed by atoms with Crippen LogP contribution >= 0.6 is 23.2 Å². The first-order valence-corrected chi connectivity index (χ1v) is 15.9. The predicted molar refractivity (Wildman–Crippen MR) is 179 cm³/mol. The number of carbonyl (C=O) groups excluding carboxylic acids is 1. The molecule has 1 aromatic heterocycles. The van der Waals surface area contributed by atoms with Crippen LogP contribution in [0.25, 0.3) is 10.9 Å². The molecular formula is C33H45Cl2N5O4.